The van der Waals surface area contributed by atoms with E-state index in [4.69, 9.17) is 0 Å². The maximum atomic E-state index is 11.7. The molecule has 1 fully saturated rings. The van der Waals surface area contributed by atoms with Gasteiger partial charge in [-0.3, -0.25) is 4.79 Å². The topological polar surface area (TPSA) is 41.1 Å². The molecular formula is C11H22N2O. The Bertz CT molecular complexity index is 186. The minimum absolute atomic E-state index is 0.0598. The lowest BCUT2D eigenvalue weighted by molar-refractivity contribution is -0.123. The van der Waals surface area contributed by atoms with Gasteiger partial charge in [0.25, 0.3) is 0 Å². The van der Waals surface area contributed by atoms with Gasteiger partial charge in [0, 0.05) is 6.04 Å². The third-order valence-corrected chi connectivity index (χ3v) is 2.59. The minimum atomic E-state index is 0.0598. The molecule has 1 rings (SSSR count). The number of hydrogen-bond donors (Lipinski definition) is 2. The van der Waals surface area contributed by atoms with Crippen LogP contribution in [0, 0.1) is 5.92 Å². The molecule has 3 nitrogen and oxygen atoms in total. The summed E-state index contributed by atoms with van der Waals surface area (Å²) in [5, 5.41) is 6.25. The van der Waals surface area contributed by atoms with Crippen LogP contribution in [0.1, 0.15) is 40.0 Å². The first-order valence-electron chi connectivity index (χ1n) is 5.63. The second kappa shape index (κ2) is 5.35. The van der Waals surface area contributed by atoms with Crippen LogP contribution in [-0.4, -0.2) is 24.5 Å². The van der Waals surface area contributed by atoms with E-state index < -0.39 is 0 Å². The van der Waals surface area contributed by atoms with Gasteiger partial charge in [-0.1, -0.05) is 13.8 Å². The van der Waals surface area contributed by atoms with Crippen molar-refractivity contribution in [3.8, 4) is 0 Å². The van der Waals surface area contributed by atoms with Gasteiger partial charge in [-0.05, 0) is 38.6 Å². The van der Waals surface area contributed by atoms with Gasteiger partial charge in [-0.25, -0.2) is 0 Å². The molecule has 0 radical (unpaired) electrons. The normalized spacial score (nSPS) is 23.9. The predicted molar refractivity (Wildman–Crippen MR) is 58.1 cm³/mol. The first-order valence-corrected chi connectivity index (χ1v) is 5.63. The lowest BCUT2D eigenvalue weighted by Crippen LogP contribution is -2.44. The van der Waals surface area contributed by atoms with Gasteiger partial charge in [0.05, 0.1) is 6.04 Å². The van der Waals surface area contributed by atoms with Crippen LogP contribution in [0.15, 0.2) is 0 Å². The summed E-state index contributed by atoms with van der Waals surface area (Å²) in [6.07, 6.45) is 3.16. The van der Waals surface area contributed by atoms with Crippen LogP contribution in [0.3, 0.4) is 0 Å². The smallest absolute Gasteiger partial charge is 0.237 e. The molecule has 2 N–H and O–H groups in total. The van der Waals surface area contributed by atoms with Crippen LogP contribution in [0.25, 0.3) is 0 Å². The van der Waals surface area contributed by atoms with Crippen LogP contribution in [0.5, 0.6) is 0 Å². The molecule has 0 bridgehead atoms. The lowest BCUT2D eigenvalue weighted by atomic mass is 10.0. The predicted octanol–water partition coefficient (Wildman–Crippen LogP) is 1.29. The summed E-state index contributed by atoms with van der Waals surface area (Å²) in [6, 6.07) is 0.356. The van der Waals surface area contributed by atoms with Crippen LogP contribution in [0.4, 0.5) is 0 Å². The number of amides is 1. The fourth-order valence-electron chi connectivity index (χ4n) is 2.02. The zero-order chi connectivity index (χ0) is 10.6. The molecule has 0 aliphatic carbocycles. The van der Waals surface area contributed by atoms with Gasteiger partial charge in [-0.2, -0.15) is 0 Å². The Balaban J connectivity index is 2.25. The average Bonchev–Trinajstić information content (AvgIpc) is 2.53. The van der Waals surface area contributed by atoms with Gasteiger partial charge in [0.1, 0.15) is 0 Å². The van der Waals surface area contributed by atoms with Gasteiger partial charge < -0.3 is 10.6 Å². The largest absolute Gasteiger partial charge is 0.352 e. The average molecular weight is 198 g/mol. The highest BCUT2D eigenvalue weighted by Crippen LogP contribution is 2.07. The van der Waals surface area contributed by atoms with Crippen molar-refractivity contribution in [3.63, 3.8) is 0 Å². The summed E-state index contributed by atoms with van der Waals surface area (Å²) < 4.78 is 0. The molecular weight excluding hydrogens is 176 g/mol. The highest BCUT2D eigenvalue weighted by atomic mass is 16.2. The molecule has 0 aromatic heterocycles. The Morgan fingerprint density at radius 1 is 1.50 bits per heavy atom. The number of nitrogens with one attached hydrogen (secondary N) is 2. The van der Waals surface area contributed by atoms with Crippen molar-refractivity contribution in [1.29, 1.82) is 0 Å². The van der Waals surface area contributed by atoms with Crippen molar-refractivity contribution in [2.75, 3.05) is 6.54 Å². The molecule has 1 saturated heterocycles. The molecule has 1 aliphatic rings. The van der Waals surface area contributed by atoms with E-state index in [1.165, 1.54) is 0 Å². The van der Waals surface area contributed by atoms with E-state index in [1.807, 2.05) is 0 Å². The quantitative estimate of drug-likeness (QED) is 0.714. The molecule has 0 saturated carbocycles. The Morgan fingerprint density at radius 2 is 2.21 bits per heavy atom. The first kappa shape index (κ1) is 11.5. The summed E-state index contributed by atoms with van der Waals surface area (Å²) >= 11 is 0. The molecule has 0 spiro atoms. The maximum Gasteiger partial charge on any atom is 0.237 e. The van der Waals surface area contributed by atoms with Crippen molar-refractivity contribution >= 4 is 5.91 Å². The molecule has 1 amide bonds. The molecule has 1 heterocycles. The molecule has 0 aromatic carbocycles. The van der Waals surface area contributed by atoms with Gasteiger partial charge in [-0.15, -0.1) is 0 Å². The molecule has 1 unspecified atom stereocenters. The van der Waals surface area contributed by atoms with E-state index in [0.717, 1.165) is 25.8 Å². The number of rotatable bonds is 4. The fraction of sp³-hybridized carbons (Fsp3) is 0.909. The number of carbonyl (C=O) groups is 1. The van der Waals surface area contributed by atoms with Gasteiger partial charge in [0.15, 0.2) is 0 Å². The maximum absolute atomic E-state index is 11.7. The summed E-state index contributed by atoms with van der Waals surface area (Å²) in [5.41, 5.74) is 0. The zero-order valence-electron chi connectivity index (χ0n) is 9.47. The number of hydrogen-bond acceptors (Lipinski definition) is 2. The van der Waals surface area contributed by atoms with Crippen molar-refractivity contribution in [2.24, 2.45) is 5.92 Å². The second-order valence-corrected chi connectivity index (χ2v) is 4.69. The Morgan fingerprint density at radius 3 is 2.71 bits per heavy atom. The van der Waals surface area contributed by atoms with Crippen molar-refractivity contribution in [1.82, 2.24) is 10.6 Å². The third-order valence-electron chi connectivity index (χ3n) is 2.59. The van der Waals surface area contributed by atoms with Crippen molar-refractivity contribution in [2.45, 2.75) is 52.1 Å². The molecule has 14 heavy (non-hydrogen) atoms. The summed E-state index contributed by atoms with van der Waals surface area (Å²) in [7, 11) is 0. The molecule has 3 heteroatoms. The second-order valence-electron chi connectivity index (χ2n) is 4.69. The van der Waals surface area contributed by atoms with E-state index in [9.17, 15) is 4.79 Å². The van der Waals surface area contributed by atoms with E-state index in [0.29, 0.717) is 12.0 Å². The van der Waals surface area contributed by atoms with E-state index >= 15 is 0 Å². The number of carbonyl (C=O) groups excluding carboxylic acids is 1. The highest BCUT2D eigenvalue weighted by molar-refractivity contribution is 5.82. The summed E-state index contributed by atoms with van der Waals surface area (Å²) in [5.74, 6) is 0.817. The Hall–Kier alpha value is -0.570. The summed E-state index contributed by atoms with van der Waals surface area (Å²) in [4.78, 5) is 11.7. The molecule has 2 atom stereocenters. The Kier molecular flexibility index (Phi) is 4.39. The van der Waals surface area contributed by atoms with E-state index in [2.05, 4.69) is 31.4 Å². The fourth-order valence-corrected chi connectivity index (χ4v) is 2.02. The molecule has 82 valence electrons. The van der Waals surface area contributed by atoms with Gasteiger partial charge >= 0.3 is 0 Å². The third kappa shape index (κ3) is 3.66. The standard InChI is InChI=1S/C11H22N2O/c1-8(2)7-9(3)13-11(14)10-5-4-6-12-10/h8-10,12H,4-7H2,1-3H3,(H,13,14)/t9?,10-/m1/s1. The zero-order valence-corrected chi connectivity index (χ0v) is 9.47. The monoisotopic (exact) mass is 198 g/mol. The molecule has 1 aliphatic heterocycles. The van der Waals surface area contributed by atoms with Crippen LogP contribution >= 0.6 is 0 Å². The SMILES string of the molecule is CC(C)CC(C)NC(=O)[C@H]1CCCN1. The first-order chi connectivity index (χ1) is 6.59. The van der Waals surface area contributed by atoms with E-state index in [-0.39, 0.29) is 11.9 Å². The van der Waals surface area contributed by atoms with E-state index in [1.54, 1.807) is 0 Å². The van der Waals surface area contributed by atoms with Gasteiger partial charge in [0.2, 0.25) is 5.91 Å². The minimum Gasteiger partial charge on any atom is -0.352 e. The Labute approximate surface area is 86.6 Å². The highest BCUT2D eigenvalue weighted by Gasteiger charge is 2.22. The summed E-state index contributed by atoms with van der Waals surface area (Å²) in [6.45, 7) is 7.41. The van der Waals surface area contributed by atoms with Crippen LogP contribution < -0.4 is 10.6 Å². The van der Waals surface area contributed by atoms with Crippen molar-refractivity contribution in [3.05, 3.63) is 0 Å². The van der Waals surface area contributed by atoms with Crippen molar-refractivity contribution < 1.29 is 4.79 Å². The lowest BCUT2D eigenvalue weighted by Gasteiger charge is -2.18. The van der Waals surface area contributed by atoms with Crippen LogP contribution in [-0.2, 0) is 4.79 Å². The van der Waals surface area contributed by atoms with Crippen LogP contribution in [0.2, 0.25) is 0 Å². The molecule has 0 aromatic rings.